The molecule has 16 heteroatoms. The van der Waals surface area contributed by atoms with E-state index < -0.39 is 50.0 Å². The molecule has 0 amide bonds. The number of sulfonamides is 1. The number of hydrogen-bond acceptors (Lipinski definition) is 5. The minimum Gasteiger partial charge on any atom is -0.351 e. The van der Waals surface area contributed by atoms with Crippen molar-refractivity contribution in [2.45, 2.75) is 47.3 Å². The normalized spacial score (nSPS) is 24.2. The first-order valence-electron chi connectivity index (χ1n) is 8.61. The van der Waals surface area contributed by atoms with Gasteiger partial charge < -0.3 is 9.47 Å². The lowest BCUT2D eigenvalue weighted by atomic mass is 10.1. The third-order valence-corrected chi connectivity index (χ3v) is 6.94. The summed E-state index contributed by atoms with van der Waals surface area (Å²) < 4.78 is 142. The molecule has 1 saturated heterocycles. The van der Waals surface area contributed by atoms with Gasteiger partial charge in [0, 0.05) is 29.2 Å². The van der Waals surface area contributed by atoms with Gasteiger partial charge in [0.15, 0.2) is 12.0 Å². The average molecular weight is 613 g/mol. The molecule has 0 saturated carbocycles. The smallest absolute Gasteiger partial charge is 0.351 e. The van der Waals surface area contributed by atoms with Crippen LogP contribution in [0.15, 0.2) is 30.3 Å². The zero-order chi connectivity index (χ0) is 24.8. The highest BCUT2D eigenvalue weighted by Crippen LogP contribution is 2.52. The standard InChI is InChI=1S/C16H16F8INO5S/c1-3-29-11-9-26(12(2,30-11)10-7-5-4-6-8-10)32(27,28)16(23,24)15(21,22)31-14(19,20)13(17,18)25/h4-8,11H,3,9H2,1-2H3. The summed E-state index contributed by atoms with van der Waals surface area (Å²) >= 11 is -0.311. The molecule has 1 aliphatic rings. The van der Waals surface area contributed by atoms with Gasteiger partial charge in [-0.2, -0.15) is 39.4 Å². The van der Waals surface area contributed by atoms with Crippen LogP contribution in [-0.2, 0) is 30.0 Å². The Morgan fingerprint density at radius 1 is 1.09 bits per heavy atom. The second kappa shape index (κ2) is 8.75. The van der Waals surface area contributed by atoms with Crippen LogP contribution in [-0.4, -0.2) is 53.6 Å². The van der Waals surface area contributed by atoms with Crippen LogP contribution in [0.3, 0.4) is 0 Å². The number of benzene rings is 1. The Bertz CT molecular complexity index is 915. The molecule has 2 rings (SSSR count). The van der Waals surface area contributed by atoms with Crippen LogP contribution in [0.5, 0.6) is 0 Å². The van der Waals surface area contributed by atoms with Crippen molar-refractivity contribution in [3.63, 3.8) is 0 Å². The number of hydrogen-bond donors (Lipinski definition) is 0. The Labute approximate surface area is 191 Å². The number of halogens is 9. The molecular formula is C16H16F8INO5S. The van der Waals surface area contributed by atoms with E-state index in [1.807, 2.05) is 0 Å². The Morgan fingerprint density at radius 2 is 1.62 bits per heavy atom. The largest absolute Gasteiger partial charge is 0.449 e. The van der Waals surface area contributed by atoms with Gasteiger partial charge in [0.2, 0.25) is 0 Å². The van der Waals surface area contributed by atoms with Crippen LogP contribution < -0.4 is 0 Å². The molecule has 0 radical (unpaired) electrons. The first-order valence-corrected chi connectivity index (χ1v) is 11.1. The van der Waals surface area contributed by atoms with Crippen molar-refractivity contribution >= 4 is 32.6 Å². The van der Waals surface area contributed by atoms with Gasteiger partial charge in [0.25, 0.3) is 10.0 Å². The first-order chi connectivity index (χ1) is 14.3. The third kappa shape index (κ3) is 4.70. The van der Waals surface area contributed by atoms with E-state index in [4.69, 9.17) is 9.47 Å². The molecule has 0 bridgehead atoms. The van der Waals surface area contributed by atoms with E-state index in [0.717, 1.165) is 6.92 Å². The molecule has 2 atom stereocenters. The minimum atomic E-state index is -6.58. The molecule has 0 aromatic heterocycles. The molecule has 1 aromatic rings. The number of nitrogens with zero attached hydrogens (tertiary/aromatic N) is 1. The lowest BCUT2D eigenvalue weighted by molar-refractivity contribution is -0.438. The molecule has 184 valence electrons. The van der Waals surface area contributed by atoms with Crippen LogP contribution in [0.25, 0.3) is 0 Å². The summed E-state index contributed by atoms with van der Waals surface area (Å²) in [5, 5.41) is -6.41. The fraction of sp³-hybridized carbons (Fsp3) is 0.625. The number of alkyl halides is 9. The Hall–Kier alpha value is -0.820. The second-order valence-corrected chi connectivity index (χ2v) is 9.80. The Morgan fingerprint density at radius 3 is 2.09 bits per heavy atom. The van der Waals surface area contributed by atoms with Crippen molar-refractivity contribution in [1.82, 2.24) is 4.31 Å². The molecule has 1 aliphatic heterocycles. The van der Waals surface area contributed by atoms with E-state index >= 15 is 0 Å². The van der Waals surface area contributed by atoms with Crippen molar-refractivity contribution in [3.8, 4) is 0 Å². The molecule has 0 N–H and O–H groups in total. The van der Waals surface area contributed by atoms with Crippen molar-refractivity contribution in [1.29, 1.82) is 0 Å². The quantitative estimate of drug-likeness (QED) is 0.230. The molecule has 32 heavy (non-hydrogen) atoms. The Kier molecular flexibility index (Phi) is 7.50. The van der Waals surface area contributed by atoms with Gasteiger partial charge in [-0.05, 0) is 19.4 Å². The fourth-order valence-electron chi connectivity index (χ4n) is 2.79. The molecular weight excluding hydrogens is 597 g/mol. The van der Waals surface area contributed by atoms with Crippen LogP contribution in [0.2, 0.25) is 0 Å². The Balaban J connectivity index is 2.54. The molecule has 2 unspecified atom stereocenters. The van der Waals surface area contributed by atoms with Crippen LogP contribution >= 0.6 is 22.6 Å². The summed E-state index contributed by atoms with van der Waals surface area (Å²) in [7, 11) is -6.58. The predicted octanol–water partition coefficient (Wildman–Crippen LogP) is 4.71. The third-order valence-electron chi connectivity index (χ3n) is 4.35. The minimum absolute atomic E-state index is 0.0872. The van der Waals surface area contributed by atoms with E-state index in [9.17, 15) is 43.5 Å². The van der Waals surface area contributed by atoms with Gasteiger partial charge in [-0.25, -0.2) is 13.2 Å². The summed E-state index contributed by atoms with van der Waals surface area (Å²) in [5.74, 6) is 0. The first kappa shape index (κ1) is 27.4. The van der Waals surface area contributed by atoms with Gasteiger partial charge in [0.05, 0.1) is 6.54 Å². The van der Waals surface area contributed by atoms with Crippen LogP contribution in [0.4, 0.5) is 35.1 Å². The average Bonchev–Trinajstić information content (AvgIpc) is 2.99. The number of ether oxygens (including phenoxy) is 3. The van der Waals surface area contributed by atoms with Crippen molar-refractivity contribution in [2.24, 2.45) is 0 Å². The topological polar surface area (TPSA) is 65.1 Å². The van der Waals surface area contributed by atoms with E-state index in [2.05, 4.69) is 4.74 Å². The zero-order valence-electron chi connectivity index (χ0n) is 16.2. The van der Waals surface area contributed by atoms with E-state index in [1.54, 1.807) is 0 Å². The molecule has 1 heterocycles. The SMILES string of the molecule is CCOC1CN(S(=O)(=O)C(F)(F)C(F)(F)OC(F)(F)C(F)(F)I)C(C)(c2ccccc2)O1. The molecule has 0 spiro atoms. The fourth-order valence-corrected chi connectivity index (χ4v) is 4.44. The van der Waals surface area contributed by atoms with Gasteiger partial charge in [-0.3, -0.25) is 0 Å². The highest BCUT2D eigenvalue weighted by molar-refractivity contribution is 14.1. The molecule has 6 nitrogen and oxygen atoms in total. The summed E-state index contributed by atoms with van der Waals surface area (Å²) in [6, 6.07) is 6.66. The monoisotopic (exact) mass is 613 g/mol. The molecule has 1 aromatic carbocycles. The maximum absolute atomic E-state index is 14.5. The van der Waals surface area contributed by atoms with Crippen LogP contribution in [0.1, 0.15) is 19.4 Å². The highest BCUT2D eigenvalue weighted by atomic mass is 127. The van der Waals surface area contributed by atoms with E-state index in [0.29, 0.717) is 0 Å². The summed E-state index contributed by atoms with van der Waals surface area (Å²) in [5.41, 5.74) is -2.43. The molecule has 1 fully saturated rings. The van der Waals surface area contributed by atoms with Gasteiger partial charge in [-0.15, -0.1) is 0 Å². The predicted molar refractivity (Wildman–Crippen MR) is 101 cm³/mol. The summed E-state index contributed by atoms with van der Waals surface area (Å²) in [4.78, 5) is 0. The summed E-state index contributed by atoms with van der Waals surface area (Å²) in [6.07, 6.45) is -14.2. The van der Waals surface area contributed by atoms with Gasteiger partial charge in [-0.1, -0.05) is 30.3 Å². The maximum Gasteiger partial charge on any atom is 0.449 e. The highest BCUT2D eigenvalue weighted by Gasteiger charge is 2.76. The van der Waals surface area contributed by atoms with E-state index in [-0.39, 0.29) is 39.1 Å². The van der Waals surface area contributed by atoms with Crippen LogP contribution in [0, 0.1) is 0 Å². The number of rotatable bonds is 9. The summed E-state index contributed by atoms with van der Waals surface area (Å²) in [6.45, 7) is 1.27. The van der Waals surface area contributed by atoms with E-state index in [1.165, 1.54) is 37.3 Å². The lowest BCUT2D eigenvalue weighted by Gasteiger charge is -2.37. The zero-order valence-corrected chi connectivity index (χ0v) is 19.2. The van der Waals surface area contributed by atoms with Gasteiger partial charge >= 0.3 is 21.4 Å². The van der Waals surface area contributed by atoms with Crippen molar-refractivity contribution in [3.05, 3.63) is 35.9 Å². The lowest BCUT2D eigenvalue weighted by Crippen LogP contribution is -2.60. The second-order valence-electron chi connectivity index (χ2n) is 6.54. The van der Waals surface area contributed by atoms with Crippen molar-refractivity contribution in [2.75, 3.05) is 13.2 Å². The van der Waals surface area contributed by atoms with Gasteiger partial charge in [0.1, 0.15) is 0 Å². The van der Waals surface area contributed by atoms with Crippen molar-refractivity contribution < 1.29 is 57.8 Å². The maximum atomic E-state index is 14.5. The molecule has 0 aliphatic carbocycles.